The Morgan fingerprint density at radius 3 is 2.73 bits per heavy atom. The van der Waals surface area contributed by atoms with Crippen LogP contribution in [0.5, 0.6) is 0 Å². The summed E-state index contributed by atoms with van der Waals surface area (Å²) in [6.45, 7) is 9.12. The Labute approximate surface area is 192 Å². The molecule has 1 aromatic carbocycles. The Morgan fingerprint density at radius 1 is 1.30 bits per heavy atom. The molecule has 0 saturated carbocycles. The van der Waals surface area contributed by atoms with E-state index < -0.39 is 28.0 Å². The Balaban J connectivity index is 1.65. The number of carboxylic acids is 1. The quantitative estimate of drug-likeness (QED) is 0.551. The fourth-order valence-corrected chi connectivity index (χ4v) is 5.59. The Morgan fingerprint density at radius 2 is 2.06 bits per heavy atom. The van der Waals surface area contributed by atoms with Crippen LogP contribution in [0.3, 0.4) is 0 Å². The van der Waals surface area contributed by atoms with Crippen LogP contribution in [0.15, 0.2) is 27.6 Å². The SMILES string of the molecule is CCn1nc(-c2nc(-c3ccc(S(=O)(=O)CCC(=O)O)cc3C)no2)c2c1CC(C)(C)CC2. The van der Waals surface area contributed by atoms with Crippen molar-refractivity contribution in [1.29, 1.82) is 0 Å². The number of sulfone groups is 1. The highest BCUT2D eigenvalue weighted by molar-refractivity contribution is 7.91. The van der Waals surface area contributed by atoms with Crippen molar-refractivity contribution in [2.75, 3.05) is 5.75 Å². The highest BCUT2D eigenvalue weighted by atomic mass is 32.2. The van der Waals surface area contributed by atoms with Crippen molar-refractivity contribution in [1.82, 2.24) is 19.9 Å². The number of hydrogen-bond acceptors (Lipinski definition) is 7. The molecular formula is C23H28N4O5S. The molecule has 9 nitrogen and oxygen atoms in total. The largest absolute Gasteiger partial charge is 0.481 e. The molecule has 0 aliphatic heterocycles. The number of fused-ring (bicyclic) bond motifs is 1. The van der Waals surface area contributed by atoms with Crippen LogP contribution in [0.1, 0.15) is 50.4 Å². The molecule has 0 spiro atoms. The summed E-state index contributed by atoms with van der Waals surface area (Å²) in [4.78, 5) is 15.4. The van der Waals surface area contributed by atoms with Crippen LogP contribution in [0, 0.1) is 12.3 Å². The van der Waals surface area contributed by atoms with Gasteiger partial charge in [-0.3, -0.25) is 9.48 Å². The molecule has 1 N–H and O–H groups in total. The van der Waals surface area contributed by atoms with Crippen LogP contribution >= 0.6 is 0 Å². The maximum absolute atomic E-state index is 12.4. The molecule has 10 heteroatoms. The van der Waals surface area contributed by atoms with Crippen molar-refractivity contribution in [3.63, 3.8) is 0 Å². The van der Waals surface area contributed by atoms with Crippen LogP contribution in [-0.4, -0.2) is 45.2 Å². The molecule has 4 rings (SSSR count). The summed E-state index contributed by atoms with van der Waals surface area (Å²) in [6, 6.07) is 4.59. The van der Waals surface area contributed by atoms with E-state index in [1.54, 1.807) is 13.0 Å². The van der Waals surface area contributed by atoms with E-state index in [9.17, 15) is 13.2 Å². The van der Waals surface area contributed by atoms with Crippen molar-refractivity contribution in [2.45, 2.75) is 64.8 Å². The average Bonchev–Trinajstić information content (AvgIpc) is 3.36. The minimum absolute atomic E-state index is 0.0760. The van der Waals surface area contributed by atoms with Crippen molar-refractivity contribution >= 4 is 15.8 Å². The molecule has 2 aromatic heterocycles. The maximum Gasteiger partial charge on any atom is 0.304 e. The van der Waals surface area contributed by atoms with Gasteiger partial charge in [0, 0.05) is 23.4 Å². The first-order valence-corrected chi connectivity index (χ1v) is 12.6. The van der Waals surface area contributed by atoms with Crippen LogP contribution in [-0.2, 0) is 34.0 Å². The number of nitrogens with zero attached hydrogens (tertiary/aromatic N) is 4. The van der Waals surface area contributed by atoms with Gasteiger partial charge >= 0.3 is 5.97 Å². The van der Waals surface area contributed by atoms with Gasteiger partial charge < -0.3 is 9.63 Å². The molecule has 1 aliphatic carbocycles. The van der Waals surface area contributed by atoms with E-state index in [1.165, 1.54) is 17.8 Å². The van der Waals surface area contributed by atoms with Gasteiger partial charge in [-0.15, -0.1) is 0 Å². The number of aromatic nitrogens is 4. The zero-order valence-electron chi connectivity index (χ0n) is 19.3. The van der Waals surface area contributed by atoms with Crippen LogP contribution < -0.4 is 0 Å². The summed E-state index contributed by atoms with van der Waals surface area (Å²) in [5, 5.41) is 17.7. The molecule has 2 heterocycles. The van der Waals surface area contributed by atoms with Gasteiger partial charge in [0.15, 0.2) is 15.5 Å². The second-order valence-electron chi connectivity index (χ2n) is 9.29. The van der Waals surface area contributed by atoms with Gasteiger partial charge in [0.2, 0.25) is 5.82 Å². The Bertz CT molecular complexity index is 1320. The highest BCUT2D eigenvalue weighted by Crippen LogP contribution is 2.39. The van der Waals surface area contributed by atoms with E-state index in [0.29, 0.717) is 28.5 Å². The molecule has 0 saturated heterocycles. The summed E-state index contributed by atoms with van der Waals surface area (Å²) in [5.74, 6) is -0.892. The predicted molar refractivity (Wildman–Crippen MR) is 121 cm³/mol. The zero-order chi connectivity index (χ0) is 24.0. The Kier molecular flexibility index (Phi) is 5.90. The number of aryl methyl sites for hydroxylation is 2. The summed E-state index contributed by atoms with van der Waals surface area (Å²) in [5.41, 5.74) is 4.61. The smallest absolute Gasteiger partial charge is 0.304 e. The number of hydrogen-bond donors (Lipinski definition) is 1. The number of rotatable bonds is 7. The van der Waals surface area contributed by atoms with Crippen LogP contribution in [0.25, 0.3) is 23.0 Å². The zero-order valence-corrected chi connectivity index (χ0v) is 20.1. The number of aliphatic carboxylic acids is 1. The first kappa shape index (κ1) is 23.2. The fraction of sp³-hybridized carbons (Fsp3) is 0.478. The van der Waals surface area contributed by atoms with Crippen molar-refractivity contribution in [2.24, 2.45) is 5.41 Å². The minimum atomic E-state index is -3.69. The lowest BCUT2D eigenvalue weighted by Crippen LogP contribution is -2.24. The van der Waals surface area contributed by atoms with Crippen molar-refractivity contribution in [3.8, 4) is 23.0 Å². The maximum atomic E-state index is 12.4. The van der Waals surface area contributed by atoms with Crippen molar-refractivity contribution in [3.05, 3.63) is 35.0 Å². The van der Waals surface area contributed by atoms with Gasteiger partial charge in [0.25, 0.3) is 5.89 Å². The number of benzene rings is 1. The van der Waals surface area contributed by atoms with Gasteiger partial charge in [-0.25, -0.2) is 8.42 Å². The lowest BCUT2D eigenvalue weighted by atomic mass is 9.76. The second-order valence-corrected chi connectivity index (χ2v) is 11.4. The number of carboxylic acid groups (broad SMARTS) is 1. The molecule has 0 radical (unpaired) electrons. The third-order valence-corrected chi connectivity index (χ3v) is 7.89. The summed E-state index contributed by atoms with van der Waals surface area (Å²) < 4.78 is 32.4. The lowest BCUT2D eigenvalue weighted by molar-refractivity contribution is -0.136. The minimum Gasteiger partial charge on any atom is -0.481 e. The molecule has 3 aromatic rings. The first-order chi connectivity index (χ1) is 15.5. The Hall–Kier alpha value is -3.01. The average molecular weight is 473 g/mol. The van der Waals surface area contributed by atoms with Gasteiger partial charge in [0.1, 0.15) is 0 Å². The third-order valence-electron chi connectivity index (χ3n) is 6.17. The first-order valence-electron chi connectivity index (χ1n) is 11.0. The standard InChI is InChI=1S/C23H28N4O5S/c1-5-27-18-13-23(3,4)10-8-17(18)20(25-27)22-24-21(26-32-22)16-7-6-15(12-14(16)2)33(30,31)11-9-19(28)29/h6-7,12H,5,8-11,13H2,1-4H3,(H,28,29). The van der Waals surface area contributed by atoms with E-state index in [-0.39, 0.29) is 10.3 Å². The molecule has 0 bridgehead atoms. The van der Waals surface area contributed by atoms with Crippen LogP contribution in [0.4, 0.5) is 0 Å². The van der Waals surface area contributed by atoms with Crippen LogP contribution in [0.2, 0.25) is 0 Å². The van der Waals surface area contributed by atoms with E-state index in [4.69, 9.17) is 14.7 Å². The fourth-order valence-electron chi connectivity index (χ4n) is 4.28. The summed E-state index contributed by atoms with van der Waals surface area (Å²) >= 11 is 0. The molecular weight excluding hydrogens is 444 g/mol. The molecule has 176 valence electrons. The normalized spacial score (nSPS) is 15.4. The second kappa shape index (κ2) is 8.40. The van der Waals surface area contributed by atoms with Gasteiger partial charge in [-0.1, -0.05) is 19.0 Å². The molecule has 0 atom stereocenters. The third kappa shape index (κ3) is 4.57. The summed E-state index contributed by atoms with van der Waals surface area (Å²) in [6.07, 6.45) is 2.46. The van der Waals surface area contributed by atoms with E-state index >= 15 is 0 Å². The molecule has 0 unspecified atom stereocenters. The predicted octanol–water partition coefficient (Wildman–Crippen LogP) is 3.69. The van der Waals surface area contributed by atoms with Gasteiger partial charge in [-0.2, -0.15) is 10.1 Å². The molecule has 0 amide bonds. The lowest BCUT2D eigenvalue weighted by Gasteiger charge is -2.30. The van der Waals surface area contributed by atoms with E-state index in [1.807, 2.05) is 4.68 Å². The van der Waals surface area contributed by atoms with E-state index in [2.05, 4.69) is 30.9 Å². The molecule has 1 aliphatic rings. The van der Waals surface area contributed by atoms with Gasteiger partial charge in [-0.05, 0) is 62.3 Å². The monoisotopic (exact) mass is 472 g/mol. The van der Waals surface area contributed by atoms with E-state index in [0.717, 1.165) is 31.4 Å². The van der Waals surface area contributed by atoms with Gasteiger partial charge in [0.05, 0.1) is 17.1 Å². The summed E-state index contributed by atoms with van der Waals surface area (Å²) in [7, 11) is -3.69. The highest BCUT2D eigenvalue weighted by Gasteiger charge is 2.32. The number of carbonyl (C=O) groups is 1. The molecule has 33 heavy (non-hydrogen) atoms. The topological polar surface area (TPSA) is 128 Å². The molecule has 0 fully saturated rings. The van der Waals surface area contributed by atoms with Crippen molar-refractivity contribution < 1.29 is 22.8 Å².